The van der Waals surface area contributed by atoms with Crippen LogP contribution >= 0.6 is 0 Å². The summed E-state index contributed by atoms with van der Waals surface area (Å²) in [7, 11) is 4.05. The van der Waals surface area contributed by atoms with Gasteiger partial charge in [-0.25, -0.2) is 0 Å². The van der Waals surface area contributed by atoms with Crippen molar-refractivity contribution in [2.45, 2.75) is 27.3 Å². The SMILES string of the molecule is Cc1ccc(-n2c(C)ccc2C)c(C(=O)Nc2ccn(CCN(C)C)n2)c1. The number of rotatable bonds is 6. The van der Waals surface area contributed by atoms with Gasteiger partial charge in [-0.05, 0) is 59.1 Å². The number of hydrogen-bond donors (Lipinski definition) is 1. The molecule has 0 spiro atoms. The molecule has 0 bridgehead atoms. The number of aryl methyl sites for hydroxylation is 3. The van der Waals surface area contributed by atoms with Crippen LogP contribution in [0.3, 0.4) is 0 Å². The zero-order valence-electron chi connectivity index (χ0n) is 16.7. The van der Waals surface area contributed by atoms with Gasteiger partial charge in [0.05, 0.1) is 17.8 Å². The van der Waals surface area contributed by atoms with E-state index in [0.717, 1.165) is 35.7 Å². The van der Waals surface area contributed by atoms with Gasteiger partial charge in [0, 0.05) is 30.2 Å². The van der Waals surface area contributed by atoms with Crippen molar-refractivity contribution in [3.63, 3.8) is 0 Å². The van der Waals surface area contributed by atoms with Gasteiger partial charge in [0.25, 0.3) is 5.91 Å². The van der Waals surface area contributed by atoms with E-state index in [-0.39, 0.29) is 5.91 Å². The summed E-state index contributed by atoms with van der Waals surface area (Å²) >= 11 is 0. The van der Waals surface area contributed by atoms with E-state index in [1.54, 1.807) is 0 Å². The first-order valence-corrected chi connectivity index (χ1v) is 9.10. The van der Waals surface area contributed by atoms with Crippen LogP contribution in [-0.2, 0) is 6.54 Å². The van der Waals surface area contributed by atoms with E-state index in [9.17, 15) is 4.79 Å². The molecule has 2 heterocycles. The van der Waals surface area contributed by atoms with Crippen molar-refractivity contribution in [1.29, 1.82) is 0 Å². The summed E-state index contributed by atoms with van der Waals surface area (Å²) in [6.45, 7) is 7.75. The zero-order chi connectivity index (χ0) is 19.6. The molecule has 0 saturated carbocycles. The normalized spacial score (nSPS) is 11.2. The lowest BCUT2D eigenvalue weighted by atomic mass is 10.1. The van der Waals surface area contributed by atoms with Gasteiger partial charge in [-0.3, -0.25) is 9.48 Å². The zero-order valence-corrected chi connectivity index (χ0v) is 16.7. The molecule has 0 aliphatic carbocycles. The highest BCUT2D eigenvalue weighted by molar-refractivity contribution is 6.06. The summed E-state index contributed by atoms with van der Waals surface area (Å²) in [6, 6.07) is 11.9. The molecule has 1 amide bonds. The molecule has 0 atom stereocenters. The first kappa shape index (κ1) is 18.9. The van der Waals surface area contributed by atoms with Crippen LogP contribution < -0.4 is 5.32 Å². The topological polar surface area (TPSA) is 55.1 Å². The van der Waals surface area contributed by atoms with Crippen LogP contribution in [-0.4, -0.2) is 45.8 Å². The number of carbonyl (C=O) groups excluding carboxylic acids is 1. The van der Waals surface area contributed by atoms with E-state index in [4.69, 9.17) is 0 Å². The number of hydrogen-bond acceptors (Lipinski definition) is 3. The Kier molecular flexibility index (Phi) is 5.46. The highest BCUT2D eigenvalue weighted by Gasteiger charge is 2.16. The second-order valence-corrected chi connectivity index (χ2v) is 7.19. The average Bonchev–Trinajstić information content (AvgIpc) is 3.19. The van der Waals surface area contributed by atoms with Crippen molar-refractivity contribution >= 4 is 11.7 Å². The van der Waals surface area contributed by atoms with Gasteiger partial charge in [0.1, 0.15) is 0 Å². The molecule has 3 rings (SSSR count). The fraction of sp³-hybridized carbons (Fsp3) is 0.333. The Morgan fingerprint density at radius 2 is 1.78 bits per heavy atom. The number of anilines is 1. The Labute approximate surface area is 160 Å². The van der Waals surface area contributed by atoms with E-state index >= 15 is 0 Å². The van der Waals surface area contributed by atoms with Crippen molar-refractivity contribution in [3.05, 3.63) is 65.1 Å². The summed E-state index contributed by atoms with van der Waals surface area (Å²) in [5.74, 6) is 0.409. The lowest BCUT2D eigenvalue weighted by Gasteiger charge is -2.15. The second kappa shape index (κ2) is 7.80. The van der Waals surface area contributed by atoms with Crippen molar-refractivity contribution in [2.75, 3.05) is 26.0 Å². The number of amides is 1. The maximum atomic E-state index is 13.0. The van der Waals surface area contributed by atoms with Crippen LogP contribution in [0, 0.1) is 20.8 Å². The lowest BCUT2D eigenvalue weighted by molar-refractivity contribution is 0.102. The molecule has 0 aliphatic rings. The van der Waals surface area contributed by atoms with Crippen LogP contribution in [0.15, 0.2) is 42.6 Å². The Balaban J connectivity index is 1.86. The Bertz CT molecular complexity index is 932. The molecule has 142 valence electrons. The molecule has 6 heteroatoms. The van der Waals surface area contributed by atoms with Gasteiger partial charge in [-0.1, -0.05) is 11.6 Å². The maximum Gasteiger partial charge on any atom is 0.259 e. The van der Waals surface area contributed by atoms with Gasteiger partial charge < -0.3 is 14.8 Å². The molecule has 27 heavy (non-hydrogen) atoms. The number of likely N-dealkylation sites (N-methyl/N-ethyl adjacent to an activating group) is 1. The molecule has 0 saturated heterocycles. The van der Waals surface area contributed by atoms with Gasteiger partial charge in [0.2, 0.25) is 0 Å². The number of aromatic nitrogens is 3. The fourth-order valence-electron chi connectivity index (χ4n) is 3.11. The molecule has 1 N–H and O–H groups in total. The summed E-state index contributed by atoms with van der Waals surface area (Å²) in [5, 5.41) is 7.39. The minimum atomic E-state index is -0.154. The molecular weight excluding hydrogens is 338 g/mol. The Hall–Kier alpha value is -2.86. The van der Waals surface area contributed by atoms with Crippen molar-refractivity contribution < 1.29 is 4.79 Å². The van der Waals surface area contributed by atoms with E-state index < -0.39 is 0 Å². The highest BCUT2D eigenvalue weighted by atomic mass is 16.1. The van der Waals surface area contributed by atoms with Crippen LogP contribution in [0.5, 0.6) is 0 Å². The maximum absolute atomic E-state index is 13.0. The predicted molar refractivity (Wildman–Crippen MR) is 109 cm³/mol. The van der Waals surface area contributed by atoms with E-state index in [1.165, 1.54) is 0 Å². The van der Waals surface area contributed by atoms with E-state index in [0.29, 0.717) is 11.4 Å². The molecule has 0 unspecified atom stereocenters. The van der Waals surface area contributed by atoms with Gasteiger partial charge >= 0.3 is 0 Å². The first-order valence-electron chi connectivity index (χ1n) is 9.10. The standard InChI is InChI=1S/C21H27N5O/c1-15-6-9-19(26-16(2)7-8-17(26)3)18(14-15)21(27)22-20-10-11-25(23-20)13-12-24(4)5/h6-11,14H,12-13H2,1-5H3,(H,22,23,27). The summed E-state index contributed by atoms with van der Waals surface area (Å²) in [4.78, 5) is 15.1. The van der Waals surface area contributed by atoms with Gasteiger partial charge in [-0.15, -0.1) is 0 Å². The minimum absolute atomic E-state index is 0.154. The van der Waals surface area contributed by atoms with E-state index in [1.807, 2.05) is 70.0 Å². The average molecular weight is 365 g/mol. The lowest BCUT2D eigenvalue weighted by Crippen LogP contribution is -2.19. The molecule has 2 aromatic heterocycles. The van der Waals surface area contributed by atoms with Crippen LogP contribution in [0.4, 0.5) is 5.82 Å². The highest BCUT2D eigenvalue weighted by Crippen LogP contribution is 2.22. The molecule has 0 fully saturated rings. The molecule has 1 aromatic carbocycles. The summed E-state index contributed by atoms with van der Waals surface area (Å²) in [6.07, 6.45) is 1.89. The molecule has 3 aromatic rings. The third-order valence-electron chi connectivity index (χ3n) is 4.57. The molecule has 0 radical (unpaired) electrons. The summed E-state index contributed by atoms with van der Waals surface area (Å²) < 4.78 is 3.94. The first-order chi connectivity index (χ1) is 12.8. The number of nitrogens with one attached hydrogen (secondary N) is 1. The summed E-state index contributed by atoms with van der Waals surface area (Å²) in [5.41, 5.74) is 4.75. The molecule has 0 aliphatic heterocycles. The van der Waals surface area contributed by atoms with Crippen molar-refractivity contribution in [3.8, 4) is 5.69 Å². The van der Waals surface area contributed by atoms with E-state index in [2.05, 4.69) is 32.0 Å². The van der Waals surface area contributed by atoms with Crippen molar-refractivity contribution in [2.24, 2.45) is 0 Å². The molecular formula is C21H27N5O. The van der Waals surface area contributed by atoms with Crippen LogP contribution in [0.25, 0.3) is 5.69 Å². The van der Waals surface area contributed by atoms with Gasteiger partial charge in [-0.2, -0.15) is 5.10 Å². The van der Waals surface area contributed by atoms with Crippen LogP contribution in [0.2, 0.25) is 0 Å². The number of nitrogens with zero attached hydrogens (tertiary/aromatic N) is 4. The number of benzene rings is 1. The quantitative estimate of drug-likeness (QED) is 0.728. The molecule has 6 nitrogen and oxygen atoms in total. The second-order valence-electron chi connectivity index (χ2n) is 7.19. The Morgan fingerprint density at radius 3 is 2.44 bits per heavy atom. The largest absolute Gasteiger partial charge is 0.318 e. The van der Waals surface area contributed by atoms with Crippen LogP contribution in [0.1, 0.15) is 27.3 Å². The van der Waals surface area contributed by atoms with Gasteiger partial charge in [0.15, 0.2) is 5.82 Å². The third kappa shape index (κ3) is 4.28. The number of carbonyl (C=O) groups is 1. The fourth-order valence-corrected chi connectivity index (χ4v) is 3.11. The minimum Gasteiger partial charge on any atom is -0.318 e. The smallest absolute Gasteiger partial charge is 0.259 e. The van der Waals surface area contributed by atoms with Crippen molar-refractivity contribution in [1.82, 2.24) is 19.2 Å². The third-order valence-corrected chi connectivity index (χ3v) is 4.57. The predicted octanol–water partition coefficient (Wildman–Crippen LogP) is 3.41. The monoisotopic (exact) mass is 365 g/mol. The Morgan fingerprint density at radius 1 is 1.07 bits per heavy atom.